The van der Waals surface area contributed by atoms with E-state index in [1.54, 1.807) is 26.1 Å². The Bertz CT molecular complexity index is 1480. The number of amides is 1. The van der Waals surface area contributed by atoms with E-state index in [0.29, 0.717) is 16.7 Å². The molecule has 0 bridgehead atoms. The van der Waals surface area contributed by atoms with Gasteiger partial charge in [-0.1, -0.05) is 0 Å². The summed E-state index contributed by atoms with van der Waals surface area (Å²) >= 11 is 0. The van der Waals surface area contributed by atoms with E-state index in [1.165, 1.54) is 37.2 Å². The third-order valence-corrected chi connectivity index (χ3v) is 6.56. The number of halogens is 1. The number of rotatable bonds is 6. The third-order valence-electron chi connectivity index (χ3n) is 4.72. The lowest BCUT2D eigenvalue weighted by molar-refractivity contribution is 0.102. The van der Waals surface area contributed by atoms with E-state index in [9.17, 15) is 17.6 Å². The lowest BCUT2D eigenvalue weighted by Gasteiger charge is -2.13. The van der Waals surface area contributed by atoms with Gasteiger partial charge in [-0.3, -0.25) is 4.79 Å². The number of aryl methyl sites for hydroxylation is 2. The van der Waals surface area contributed by atoms with Crippen LogP contribution in [0.1, 0.15) is 16.1 Å². The summed E-state index contributed by atoms with van der Waals surface area (Å²) in [6.45, 7) is 1.74. The molecule has 1 amide bonds. The highest BCUT2D eigenvalue weighted by Crippen LogP contribution is 2.35. The first-order valence-corrected chi connectivity index (χ1v) is 11.1. The molecule has 0 unspecified atom stereocenters. The van der Waals surface area contributed by atoms with Crippen molar-refractivity contribution in [1.29, 1.82) is 0 Å². The molecule has 10 nitrogen and oxygen atoms in total. The van der Waals surface area contributed by atoms with Crippen LogP contribution in [0.2, 0.25) is 0 Å². The Morgan fingerprint density at radius 1 is 1.21 bits per heavy atom. The Morgan fingerprint density at radius 3 is 2.61 bits per heavy atom. The zero-order valence-corrected chi connectivity index (χ0v) is 19.0. The normalized spacial score (nSPS) is 11.8. The summed E-state index contributed by atoms with van der Waals surface area (Å²) in [5, 5.41) is 11.1. The maximum Gasteiger partial charge on any atom is 0.257 e. The summed E-state index contributed by atoms with van der Waals surface area (Å²) in [6.07, 6.45) is 1.40. The van der Waals surface area contributed by atoms with Crippen molar-refractivity contribution >= 4 is 32.7 Å². The number of hydrogen-bond donors (Lipinski definition) is 1. The van der Waals surface area contributed by atoms with Gasteiger partial charge in [-0.2, -0.15) is 9.90 Å². The fraction of sp³-hybridized carbons (Fsp3) is 0.190. The highest BCUT2D eigenvalue weighted by atomic mass is 32.2. The molecule has 2 aromatic heterocycles. The Hall–Kier alpha value is -3.77. The van der Waals surface area contributed by atoms with Crippen LogP contribution in [0.5, 0.6) is 11.5 Å². The van der Waals surface area contributed by atoms with E-state index >= 15 is 0 Å². The number of aromatic nitrogens is 3. The van der Waals surface area contributed by atoms with Gasteiger partial charge in [0, 0.05) is 32.8 Å². The second-order valence-electron chi connectivity index (χ2n) is 7.40. The Morgan fingerprint density at radius 2 is 1.97 bits per heavy atom. The van der Waals surface area contributed by atoms with Gasteiger partial charge >= 0.3 is 0 Å². The topological polar surface area (TPSA) is 120 Å². The fourth-order valence-electron chi connectivity index (χ4n) is 3.12. The first kappa shape index (κ1) is 22.4. The molecule has 12 heteroatoms. The fourth-order valence-corrected chi connectivity index (χ4v) is 4.06. The molecule has 0 saturated heterocycles. The average molecular weight is 473 g/mol. The summed E-state index contributed by atoms with van der Waals surface area (Å²) < 4.78 is 51.5. The highest BCUT2D eigenvalue weighted by molar-refractivity contribution is 7.89. The van der Waals surface area contributed by atoms with E-state index in [-0.39, 0.29) is 22.9 Å². The van der Waals surface area contributed by atoms with Crippen molar-refractivity contribution in [3.63, 3.8) is 0 Å². The molecule has 0 spiro atoms. The van der Waals surface area contributed by atoms with Crippen molar-refractivity contribution in [3.05, 3.63) is 59.7 Å². The Kier molecular flexibility index (Phi) is 5.64. The van der Waals surface area contributed by atoms with Gasteiger partial charge in [-0.05, 0) is 37.3 Å². The maximum absolute atomic E-state index is 14.6. The van der Waals surface area contributed by atoms with Gasteiger partial charge in [0.1, 0.15) is 33.6 Å². The quantitative estimate of drug-likeness (QED) is 0.456. The lowest BCUT2D eigenvalue weighted by Crippen LogP contribution is -2.23. The predicted octanol–water partition coefficient (Wildman–Crippen LogP) is 3.30. The predicted molar refractivity (Wildman–Crippen MR) is 117 cm³/mol. The summed E-state index contributed by atoms with van der Waals surface area (Å²) in [7, 11) is 0.295. The maximum atomic E-state index is 14.6. The smallest absolute Gasteiger partial charge is 0.257 e. The number of nitrogens with one attached hydrogen (secondary N) is 1. The molecule has 1 N–H and O–H groups in total. The number of fused-ring (bicyclic) bond motifs is 1. The van der Waals surface area contributed by atoms with Gasteiger partial charge in [0.15, 0.2) is 5.82 Å². The highest BCUT2D eigenvalue weighted by Gasteiger charge is 2.23. The third kappa shape index (κ3) is 4.43. The van der Waals surface area contributed by atoms with Crippen LogP contribution in [-0.4, -0.2) is 47.7 Å². The van der Waals surface area contributed by atoms with Crippen molar-refractivity contribution in [1.82, 2.24) is 19.3 Å². The molecule has 0 saturated carbocycles. The van der Waals surface area contributed by atoms with Crippen molar-refractivity contribution in [2.24, 2.45) is 7.05 Å². The van der Waals surface area contributed by atoms with Gasteiger partial charge < -0.3 is 14.5 Å². The van der Waals surface area contributed by atoms with Crippen LogP contribution < -0.4 is 10.1 Å². The van der Waals surface area contributed by atoms with Crippen LogP contribution >= 0.6 is 0 Å². The van der Waals surface area contributed by atoms with Crippen molar-refractivity contribution in [2.45, 2.75) is 11.8 Å². The van der Waals surface area contributed by atoms with Gasteiger partial charge in [0.2, 0.25) is 10.0 Å². The molecule has 0 radical (unpaired) electrons. The van der Waals surface area contributed by atoms with Crippen LogP contribution in [0.25, 0.3) is 11.0 Å². The minimum absolute atomic E-state index is 0.0526. The van der Waals surface area contributed by atoms with Crippen LogP contribution in [-0.2, 0) is 17.1 Å². The lowest BCUT2D eigenvalue weighted by atomic mass is 10.1. The average Bonchev–Trinajstić information content (AvgIpc) is 3.31. The van der Waals surface area contributed by atoms with Crippen LogP contribution in [0, 0.1) is 12.7 Å². The van der Waals surface area contributed by atoms with Gasteiger partial charge in [0.25, 0.3) is 5.91 Å². The van der Waals surface area contributed by atoms with E-state index < -0.39 is 26.6 Å². The largest absolute Gasteiger partial charge is 0.461 e. The molecule has 172 valence electrons. The molecule has 2 heterocycles. The molecular formula is C21H20FN5O5S. The molecule has 4 aromatic rings. The summed E-state index contributed by atoms with van der Waals surface area (Å²) in [4.78, 5) is 13.6. The Labute approximate surface area is 188 Å². The first-order chi connectivity index (χ1) is 15.5. The molecule has 0 aliphatic carbocycles. The van der Waals surface area contributed by atoms with E-state index in [1.807, 2.05) is 0 Å². The molecule has 4 rings (SSSR count). The number of anilines is 1. The molecule has 33 heavy (non-hydrogen) atoms. The van der Waals surface area contributed by atoms with Crippen LogP contribution in [0.15, 0.2) is 51.9 Å². The minimum atomic E-state index is -3.95. The van der Waals surface area contributed by atoms with E-state index in [0.717, 1.165) is 16.4 Å². The summed E-state index contributed by atoms with van der Waals surface area (Å²) in [5.74, 6) is -0.305. The van der Waals surface area contributed by atoms with Crippen LogP contribution in [0.3, 0.4) is 0 Å². The van der Waals surface area contributed by atoms with E-state index in [4.69, 9.17) is 9.15 Å². The molecule has 2 aromatic carbocycles. The van der Waals surface area contributed by atoms with E-state index in [2.05, 4.69) is 15.5 Å². The molecule has 0 atom stereocenters. The standard InChI is InChI=1S/C21H20FN5O5S/c1-12-7-15-17(31-12)8-13(21(28)24-20-11-23-27(4)25-20)9-18(15)32-14-5-6-19(16(22)10-14)33(29,30)26(2)3/h5-11H,1-4H3,(H,24,25,28). The van der Waals surface area contributed by atoms with Crippen molar-refractivity contribution in [2.75, 3.05) is 19.4 Å². The molecule has 0 aliphatic rings. The van der Waals surface area contributed by atoms with Gasteiger partial charge in [-0.25, -0.2) is 17.1 Å². The zero-order chi connectivity index (χ0) is 23.9. The number of furan rings is 1. The molecule has 0 aliphatic heterocycles. The number of hydrogen-bond acceptors (Lipinski definition) is 7. The van der Waals surface area contributed by atoms with Crippen molar-refractivity contribution in [3.8, 4) is 11.5 Å². The van der Waals surface area contributed by atoms with Gasteiger partial charge in [-0.15, -0.1) is 5.10 Å². The monoisotopic (exact) mass is 473 g/mol. The number of carbonyl (C=O) groups is 1. The number of nitrogens with zero attached hydrogens (tertiary/aromatic N) is 4. The van der Waals surface area contributed by atoms with Crippen LogP contribution in [0.4, 0.5) is 10.2 Å². The number of carbonyl (C=O) groups excluding carboxylic acids is 1. The number of benzene rings is 2. The molecule has 0 fully saturated rings. The first-order valence-electron chi connectivity index (χ1n) is 9.66. The van der Waals surface area contributed by atoms with Gasteiger partial charge in [0.05, 0.1) is 11.6 Å². The Balaban J connectivity index is 1.70. The number of ether oxygens (including phenoxy) is 1. The minimum Gasteiger partial charge on any atom is -0.461 e. The second kappa shape index (κ2) is 8.30. The van der Waals surface area contributed by atoms with Crippen molar-refractivity contribution < 1.29 is 26.8 Å². The molecular weight excluding hydrogens is 453 g/mol. The summed E-state index contributed by atoms with van der Waals surface area (Å²) in [6, 6.07) is 8.18. The summed E-state index contributed by atoms with van der Waals surface area (Å²) in [5.41, 5.74) is 0.603. The number of sulfonamides is 1. The zero-order valence-electron chi connectivity index (χ0n) is 18.2. The SMILES string of the molecule is Cc1cc2c(Oc3ccc(S(=O)(=O)N(C)C)c(F)c3)cc(C(=O)Nc3cnn(C)n3)cc2o1. The second-order valence-corrected chi connectivity index (χ2v) is 9.52.